The molecular weight excluding hydrogens is 304 g/mol. The lowest BCUT2D eigenvalue weighted by atomic mass is 9.86. The van der Waals surface area contributed by atoms with Crippen molar-refractivity contribution in [1.29, 1.82) is 0 Å². The Morgan fingerprint density at radius 3 is 2.74 bits per heavy atom. The molecule has 3 rings (SSSR count). The van der Waals surface area contributed by atoms with Gasteiger partial charge in [0.1, 0.15) is 0 Å². The topological polar surface area (TPSA) is 50.3 Å². The van der Waals surface area contributed by atoms with Crippen molar-refractivity contribution in [3.63, 3.8) is 0 Å². The average molecular weight is 321 g/mol. The molecule has 2 heterocycles. The van der Waals surface area contributed by atoms with Gasteiger partial charge in [0.25, 0.3) is 10.0 Å². The van der Waals surface area contributed by atoms with Gasteiger partial charge in [-0.2, -0.15) is 4.31 Å². The van der Waals surface area contributed by atoms with E-state index in [2.05, 4.69) is 4.98 Å². The van der Waals surface area contributed by atoms with Crippen molar-refractivity contribution in [1.82, 2.24) is 9.29 Å². The summed E-state index contributed by atoms with van der Waals surface area (Å²) in [7, 11) is -3.41. The first-order valence-corrected chi connectivity index (χ1v) is 9.28. The summed E-state index contributed by atoms with van der Waals surface area (Å²) < 4.78 is 27.8. The van der Waals surface area contributed by atoms with Crippen molar-refractivity contribution in [2.45, 2.75) is 49.3 Å². The van der Waals surface area contributed by atoms with Gasteiger partial charge in [0.2, 0.25) is 0 Å². The first-order chi connectivity index (χ1) is 9.00. The van der Waals surface area contributed by atoms with Crippen molar-refractivity contribution in [2.75, 3.05) is 6.54 Å². The fraction of sp³-hybridized carbons (Fsp3) is 0.750. The molecule has 4 nitrogen and oxygen atoms in total. The van der Waals surface area contributed by atoms with Crippen LogP contribution in [-0.2, 0) is 10.0 Å². The standard InChI is InChI=1S/C12H17ClN2O2S2/c1-8-11(18-12(13)14-8)19(16,17)15-7-6-9-4-2-3-5-10(9)15/h9-10H,2-7H2,1H3. The molecule has 1 saturated carbocycles. The molecule has 7 heteroatoms. The number of sulfonamides is 1. The number of hydrogen-bond acceptors (Lipinski definition) is 4. The predicted octanol–water partition coefficient (Wildman–Crippen LogP) is 3.06. The van der Waals surface area contributed by atoms with Gasteiger partial charge in [-0.3, -0.25) is 0 Å². The van der Waals surface area contributed by atoms with E-state index in [0.29, 0.717) is 26.8 Å². The quantitative estimate of drug-likeness (QED) is 0.841. The summed E-state index contributed by atoms with van der Waals surface area (Å²) in [4.78, 5) is 4.03. The van der Waals surface area contributed by atoms with Crippen LogP contribution in [0.1, 0.15) is 37.8 Å². The van der Waals surface area contributed by atoms with Gasteiger partial charge in [0.05, 0.1) is 5.69 Å². The fourth-order valence-corrected chi connectivity index (χ4v) is 6.94. The van der Waals surface area contributed by atoms with Gasteiger partial charge in [-0.05, 0) is 32.1 Å². The van der Waals surface area contributed by atoms with Crippen molar-refractivity contribution < 1.29 is 8.42 Å². The van der Waals surface area contributed by atoms with Crippen LogP contribution in [0, 0.1) is 12.8 Å². The second-order valence-electron chi connectivity index (χ2n) is 5.36. The molecule has 1 aliphatic heterocycles. The fourth-order valence-electron chi connectivity index (χ4n) is 3.36. The maximum Gasteiger partial charge on any atom is 0.254 e. The Labute approximate surface area is 122 Å². The maximum atomic E-state index is 12.8. The Hall–Kier alpha value is -0.170. The van der Waals surface area contributed by atoms with E-state index < -0.39 is 10.0 Å². The van der Waals surface area contributed by atoms with Crippen LogP contribution in [-0.4, -0.2) is 30.3 Å². The number of hydrogen-bond donors (Lipinski definition) is 0. The molecule has 2 fully saturated rings. The van der Waals surface area contributed by atoms with Crippen LogP contribution in [0.25, 0.3) is 0 Å². The summed E-state index contributed by atoms with van der Waals surface area (Å²) in [6, 6.07) is 0.194. The summed E-state index contributed by atoms with van der Waals surface area (Å²) in [5.74, 6) is 0.548. The summed E-state index contributed by atoms with van der Waals surface area (Å²) in [6.45, 7) is 2.36. The Morgan fingerprint density at radius 2 is 2.05 bits per heavy atom. The number of rotatable bonds is 2. The molecule has 2 atom stereocenters. The van der Waals surface area contributed by atoms with E-state index >= 15 is 0 Å². The molecule has 2 aliphatic rings. The average Bonchev–Trinajstić information content (AvgIpc) is 2.93. The molecule has 0 amide bonds. The Balaban J connectivity index is 1.94. The van der Waals surface area contributed by atoms with Crippen molar-refractivity contribution in [2.24, 2.45) is 5.92 Å². The Morgan fingerprint density at radius 1 is 1.32 bits per heavy atom. The third-order valence-corrected chi connectivity index (χ3v) is 8.00. The van der Waals surface area contributed by atoms with E-state index in [9.17, 15) is 8.42 Å². The van der Waals surface area contributed by atoms with Crippen LogP contribution in [0.3, 0.4) is 0 Å². The van der Waals surface area contributed by atoms with E-state index in [1.807, 2.05) is 0 Å². The lowest BCUT2D eigenvalue weighted by molar-refractivity contribution is 0.260. The molecule has 0 radical (unpaired) electrons. The monoisotopic (exact) mass is 320 g/mol. The van der Waals surface area contributed by atoms with Crippen molar-refractivity contribution in [3.05, 3.63) is 10.2 Å². The molecule has 0 spiro atoms. The SMILES string of the molecule is Cc1nc(Cl)sc1S(=O)(=O)N1CCC2CCCCC21. The minimum absolute atomic E-state index is 0.194. The molecule has 0 N–H and O–H groups in total. The van der Waals surface area contributed by atoms with E-state index in [4.69, 9.17) is 11.6 Å². The third kappa shape index (κ3) is 2.33. The van der Waals surface area contributed by atoms with Gasteiger partial charge >= 0.3 is 0 Å². The number of aryl methyl sites for hydroxylation is 1. The summed E-state index contributed by atoms with van der Waals surface area (Å²) in [5.41, 5.74) is 0.522. The van der Waals surface area contributed by atoms with Gasteiger partial charge in [-0.25, -0.2) is 13.4 Å². The maximum absolute atomic E-state index is 12.8. The van der Waals surface area contributed by atoms with Gasteiger partial charge in [-0.15, -0.1) is 0 Å². The van der Waals surface area contributed by atoms with Crippen LogP contribution in [0.2, 0.25) is 4.47 Å². The minimum Gasteiger partial charge on any atom is -0.229 e. The smallest absolute Gasteiger partial charge is 0.229 e. The molecule has 2 unspecified atom stereocenters. The van der Waals surface area contributed by atoms with E-state index in [-0.39, 0.29) is 6.04 Å². The molecule has 19 heavy (non-hydrogen) atoms. The van der Waals surface area contributed by atoms with Gasteiger partial charge in [0, 0.05) is 12.6 Å². The lowest BCUT2D eigenvalue weighted by Gasteiger charge is -2.30. The highest BCUT2D eigenvalue weighted by Gasteiger charge is 2.43. The third-order valence-electron chi connectivity index (χ3n) is 4.23. The van der Waals surface area contributed by atoms with Crippen LogP contribution in [0.15, 0.2) is 4.21 Å². The van der Waals surface area contributed by atoms with E-state index in [1.165, 1.54) is 12.8 Å². The molecule has 0 bridgehead atoms. The summed E-state index contributed by atoms with van der Waals surface area (Å²) in [5, 5.41) is 0. The molecule has 0 aromatic carbocycles. The lowest BCUT2D eigenvalue weighted by Crippen LogP contribution is -2.39. The first-order valence-electron chi connectivity index (χ1n) is 6.65. The molecule has 1 aromatic rings. The highest BCUT2D eigenvalue weighted by Crippen LogP contribution is 2.40. The number of nitrogens with zero attached hydrogens (tertiary/aromatic N) is 2. The number of halogens is 1. The molecule has 1 aliphatic carbocycles. The zero-order valence-corrected chi connectivity index (χ0v) is 13.2. The predicted molar refractivity (Wildman–Crippen MR) is 76.1 cm³/mol. The first kappa shape index (κ1) is 13.8. The van der Waals surface area contributed by atoms with Gasteiger partial charge < -0.3 is 0 Å². The molecular formula is C12H17ClN2O2S2. The van der Waals surface area contributed by atoms with Gasteiger partial charge in [-0.1, -0.05) is 35.8 Å². The molecule has 1 aromatic heterocycles. The van der Waals surface area contributed by atoms with E-state index in [1.54, 1.807) is 11.2 Å². The van der Waals surface area contributed by atoms with Crippen LogP contribution in [0.5, 0.6) is 0 Å². The highest BCUT2D eigenvalue weighted by molar-refractivity contribution is 7.91. The summed E-state index contributed by atoms with van der Waals surface area (Å²) >= 11 is 6.91. The normalized spacial score (nSPS) is 28.5. The van der Waals surface area contributed by atoms with E-state index in [0.717, 1.165) is 30.6 Å². The largest absolute Gasteiger partial charge is 0.254 e. The number of thiazole rings is 1. The molecule has 1 saturated heterocycles. The highest BCUT2D eigenvalue weighted by atomic mass is 35.5. The van der Waals surface area contributed by atoms with Crippen molar-refractivity contribution >= 4 is 33.0 Å². The Bertz CT molecular complexity index is 585. The number of fused-ring (bicyclic) bond motifs is 1. The zero-order chi connectivity index (χ0) is 13.6. The number of aromatic nitrogens is 1. The van der Waals surface area contributed by atoms with Crippen molar-refractivity contribution in [3.8, 4) is 0 Å². The Kier molecular flexibility index (Phi) is 3.62. The molecule has 106 valence electrons. The minimum atomic E-state index is -3.41. The second-order valence-corrected chi connectivity index (χ2v) is 9.02. The van der Waals surface area contributed by atoms with Crippen LogP contribution < -0.4 is 0 Å². The zero-order valence-electron chi connectivity index (χ0n) is 10.8. The van der Waals surface area contributed by atoms with Crippen LogP contribution >= 0.6 is 22.9 Å². The second kappa shape index (κ2) is 4.98. The summed E-state index contributed by atoms with van der Waals surface area (Å²) in [6.07, 6.45) is 5.53. The van der Waals surface area contributed by atoms with Gasteiger partial charge in [0.15, 0.2) is 8.68 Å². The van der Waals surface area contributed by atoms with Crippen LogP contribution in [0.4, 0.5) is 0 Å².